The van der Waals surface area contributed by atoms with Gasteiger partial charge >= 0.3 is 6.09 Å². The molecule has 0 saturated carbocycles. The number of halogens is 1. The molecule has 16 heavy (non-hydrogen) atoms. The van der Waals surface area contributed by atoms with Gasteiger partial charge in [-0.25, -0.2) is 9.18 Å². The van der Waals surface area contributed by atoms with Crippen molar-refractivity contribution in [2.45, 2.75) is 6.04 Å². The highest BCUT2D eigenvalue weighted by atomic mass is 19.1. The summed E-state index contributed by atoms with van der Waals surface area (Å²) >= 11 is 0. The van der Waals surface area contributed by atoms with Gasteiger partial charge in [-0.2, -0.15) is 0 Å². The van der Waals surface area contributed by atoms with Crippen LogP contribution in [0.15, 0.2) is 24.3 Å². The lowest BCUT2D eigenvalue weighted by Crippen LogP contribution is -2.47. The fraction of sp³-hybridized carbons (Fsp3) is 0.364. The number of carbonyl (C=O) groups is 1. The van der Waals surface area contributed by atoms with Crippen LogP contribution in [-0.4, -0.2) is 35.7 Å². The molecule has 1 heterocycles. The number of piperazine rings is 1. The molecule has 1 aliphatic rings. The first-order chi connectivity index (χ1) is 7.66. The molecule has 1 aromatic carbocycles. The average Bonchev–Trinajstić information content (AvgIpc) is 2.29. The van der Waals surface area contributed by atoms with Crippen LogP contribution in [0.1, 0.15) is 11.6 Å². The second kappa shape index (κ2) is 4.49. The van der Waals surface area contributed by atoms with Gasteiger partial charge in [0, 0.05) is 19.6 Å². The average molecular weight is 224 g/mol. The van der Waals surface area contributed by atoms with E-state index in [1.807, 2.05) is 0 Å². The Labute approximate surface area is 92.7 Å². The molecule has 0 radical (unpaired) electrons. The minimum Gasteiger partial charge on any atom is -0.465 e. The van der Waals surface area contributed by atoms with Gasteiger partial charge in [0.2, 0.25) is 0 Å². The minimum absolute atomic E-state index is 0.124. The van der Waals surface area contributed by atoms with Crippen LogP contribution in [0.25, 0.3) is 0 Å². The second-order valence-electron chi connectivity index (χ2n) is 3.79. The third-order valence-corrected chi connectivity index (χ3v) is 2.70. The van der Waals surface area contributed by atoms with Gasteiger partial charge in [0.15, 0.2) is 0 Å². The second-order valence-corrected chi connectivity index (χ2v) is 3.79. The van der Waals surface area contributed by atoms with Gasteiger partial charge in [0.25, 0.3) is 0 Å². The first-order valence-electron chi connectivity index (χ1n) is 5.13. The molecule has 1 amide bonds. The van der Waals surface area contributed by atoms with Crippen LogP contribution in [0.3, 0.4) is 0 Å². The van der Waals surface area contributed by atoms with Crippen molar-refractivity contribution in [1.82, 2.24) is 10.2 Å². The Kier molecular flexibility index (Phi) is 3.05. The molecule has 4 nitrogen and oxygen atoms in total. The van der Waals surface area contributed by atoms with E-state index in [0.29, 0.717) is 19.6 Å². The number of rotatable bonds is 1. The Hall–Kier alpha value is -1.62. The van der Waals surface area contributed by atoms with Crippen molar-refractivity contribution in [3.8, 4) is 0 Å². The van der Waals surface area contributed by atoms with Crippen molar-refractivity contribution in [1.29, 1.82) is 0 Å². The van der Waals surface area contributed by atoms with Gasteiger partial charge < -0.3 is 15.3 Å². The number of hydrogen-bond acceptors (Lipinski definition) is 2. The minimum atomic E-state index is -0.928. The zero-order valence-electron chi connectivity index (χ0n) is 8.69. The van der Waals surface area contributed by atoms with E-state index in [0.717, 1.165) is 5.56 Å². The van der Waals surface area contributed by atoms with Crippen LogP contribution in [-0.2, 0) is 0 Å². The first-order valence-corrected chi connectivity index (χ1v) is 5.13. The van der Waals surface area contributed by atoms with Crippen LogP contribution < -0.4 is 5.32 Å². The summed E-state index contributed by atoms with van der Waals surface area (Å²) in [6.45, 7) is 1.42. The van der Waals surface area contributed by atoms with Crippen LogP contribution in [0.5, 0.6) is 0 Å². The molecule has 0 aromatic heterocycles. The molecule has 1 atom stereocenters. The van der Waals surface area contributed by atoms with E-state index in [1.165, 1.54) is 17.0 Å². The molecule has 1 fully saturated rings. The molecule has 0 bridgehead atoms. The topological polar surface area (TPSA) is 52.6 Å². The third kappa shape index (κ3) is 2.30. The fourth-order valence-corrected chi connectivity index (χ4v) is 1.87. The van der Waals surface area contributed by atoms with Crippen LogP contribution >= 0.6 is 0 Å². The van der Waals surface area contributed by atoms with Crippen molar-refractivity contribution in [3.63, 3.8) is 0 Å². The summed E-state index contributed by atoms with van der Waals surface area (Å²) in [4.78, 5) is 12.2. The molecule has 0 aliphatic carbocycles. The number of nitrogens with zero attached hydrogens (tertiary/aromatic N) is 1. The Morgan fingerprint density at radius 1 is 1.56 bits per heavy atom. The van der Waals surface area contributed by atoms with Crippen molar-refractivity contribution in [2.75, 3.05) is 19.6 Å². The van der Waals surface area contributed by atoms with Gasteiger partial charge in [0.05, 0.1) is 6.04 Å². The summed E-state index contributed by atoms with van der Waals surface area (Å²) in [7, 11) is 0. The Morgan fingerprint density at radius 2 is 2.38 bits per heavy atom. The number of amides is 1. The molecule has 0 unspecified atom stereocenters. The normalized spacial score (nSPS) is 20.8. The SMILES string of the molecule is O=C(O)N1CCN[C@H](c2cccc(F)c2)C1. The van der Waals surface area contributed by atoms with Crippen LogP contribution in [0, 0.1) is 5.82 Å². The lowest BCUT2D eigenvalue weighted by Gasteiger charge is -2.32. The predicted molar refractivity (Wildman–Crippen MR) is 56.7 cm³/mol. The molecule has 1 aliphatic heterocycles. The van der Waals surface area contributed by atoms with Crippen LogP contribution in [0.4, 0.5) is 9.18 Å². The summed E-state index contributed by atoms with van der Waals surface area (Å²) in [5.41, 5.74) is 0.783. The summed E-state index contributed by atoms with van der Waals surface area (Å²) < 4.78 is 13.0. The Bertz CT molecular complexity index is 397. The van der Waals surface area contributed by atoms with Gasteiger partial charge in [-0.1, -0.05) is 12.1 Å². The molecule has 2 N–H and O–H groups in total. The summed E-state index contributed by atoms with van der Waals surface area (Å²) in [6, 6.07) is 6.11. The number of benzene rings is 1. The van der Waals surface area contributed by atoms with E-state index in [9.17, 15) is 9.18 Å². The van der Waals surface area contributed by atoms with Crippen LogP contribution in [0.2, 0.25) is 0 Å². The maximum absolute atomic E-state index is 13.0. The van der Waals surface area contributed by atoms with E-state index >= 15 is 0 Å². The molecular weight excluding hydrogens is 211 g/mol. The molecule has 2 rings (SSSR count). The highest BCUT2D eigenvalue weighted by Gasteiger charge is 2.23. The molecule has 1 saturated heterocycles. The fourth-order valence-electron chi connectivity index (χ4n) is 1.87. The maximum Gasteiger partial charge on any atom is 0.407 e. The molecule has 0 spiro atoms. The number of carboxylic acid groups (broad SMARTS) is 1. The zero-order valence-corrected chi connectivity index (χ0v) is 8.69. The van der Waals surface area contributed by atoms with Gasteiger partial charge in [-0.15, -0.1) is 0 Å². The molecule has 5 heteroatoms. The summed E-state index contributed by atoms with van der Waals surface area (Å²) in [5.74, 6) is -0.299. The Balaban J connectivity index is 2.12. The maximum atomic E-state index is 13.0. The van der Waals surface area contributed by atoms with Gasteiger partial charge in [-0.3, -0.25) is 0 Å². The van der Waals surface area contributed by atoms with Crippen molar-refractivity contribution in [2.24, 2.45) is 0 Å². The largest absolute Gasteiger partial charge is 0.465 e. The lowest BCUT2D eigenvalue weighted by molar-refractivity contribution is 0.129. The number of hydrogen-bond donors (Lipinski definition) is 2. The van der Waals surface area contributed by atoms with E-state index < -0.39 is 6.09 Å². The van der Waals surface area contributed by atoms with Crippen molar-refractivity contribution >= 4 is 6.09 Å². The smallest absolute Gasteiger partial charge is 0.407 e. The van der Waals surface area contributed by atoms with Crippen molar-refractivity contribution in [3.05, 3.63) is 35.6 Å². The van der Waals surface area contributed by atoms with E-state index in [4.69, 9.17) is 5.11 Å². The summed E-state index contributed by atoms with van der Waals surface area (Å²) in [5, 5.41) is 12.1. The summed E-state index contributed by atoms with van der Waals surface area (Å²) in [6.07, 6.45) is -0.928. The lowest BCUT2D eigenvalue weighted by atomic mass is 10.0. The Morgan fingerprint density at radius 3 is 3.06 bits per heavy atom. The van der Waals surface area contributed by atoms with E-state index in [1.54, 1.807) is 12.1 Å². The molecular formula is C11H13FN2O2. The third-order valence-electron chi connectivity index (χ3n) is 2.70. The first kappa shape index (κ1) is 10.9. The predicted octanol–water partition coefficient (Wildman–Crippen LogP) is 1.45. The zero-order chi connectivity index (χ0) is 11.5. The number of nitrogens with one attached hydrogen (secondary N) is 1. The molecule has 86 valence electrons. The van der Waals surface area contributed by atoms with E-state index in [-0.39, 0.29) is 11.9 Å². The van der Waals surface area contributed by atoms with Crippen molar-refractivity contribution < 1.29 is 14.3 Å². The standard InChI is InChI=1S/C11H13FN2O2/c12-9-3-1-2-8(6-9)10-7-14(11(15)16)5-4-13-10/h1-3,6,10,13H,4-5,7H2,(H,15,16)/t10-/m0/s1. The van der Waals surface area contributed by atoms with Gasteiger partial charge in [0.1, 0.15) is 5.82 Å². The highest BCUT2D eigenvalue weighted by Crippen LogP contribution is 2.18. The van der Waals surface area contributed by atoms with Gasteiger partial charge in [-0.05, 0) is 17.7 Å². The quantitative estimate of drug-likeness (QED) is 0.759. The monoisotopic (exact) mass is 224 g/mol. The molecule has 1 aromatic rings. The highest BCUT2D eigenvalue weighted by molar-refractivity contribution is 5.65. The van der Waals surface area contributed by atoms with E-state index in [2.05, 4.69) is 5.32 Å².